The molecule has 106 valence electrons. The van der Waals surface area contributed by atoms with Crippen LogP contribution in [0.25, 0.3) is 0 Å². The van der Waals surface area contributed by atoms with Crippen molar-refractivity contribution >= 4 is 11.8 Å². The summed E-state index contributed by atoms with van der Waals surface area (Å²) < 4.78 is 5.19. The Morgan fingerprint density at radius 2 is 2.21 bits per heavy atom. The van der Waals surface area contributed by atoms with E-state index in [0.29, 0.717) is 6.04 Å². The summed E-state index contributed by atoms with van der Waals surface area (Å²) in [6, 6.07) is 8.94. The molecule has 1 aromatic carbocycles. The van der Waals surface area contributed by atoms with Crippen LogP contribution in [-0.2, 0) is 0 Å². The lowest BCUT2D eigenvalue weighted by molar-refractivity contribution is 0.258. The molecule has 1 aliphatic rings. The quantitative estimate of drug-likeness (QED) is 0.841. The Balaban J connectivity index is 2.00. The third kappa shape index (κ3) is 4.41. The van der Waals surface area contributed by atoms with Crippen LogP contribution in [0.1, 0.15) is 30.9 Å². The second-order valence-corrected chi connectivity index (χ2v) is 6.07. The molecular weight excluding hydrogens is 258 g/mol. The minimum atomic E-state index is 0.212. The number of ether oxygens (including phenoxy) is 1. The molecule has 1 saturated heterocycles. The Labute approximate surface area is 119 Å². The molecule has 2 atom stereocenters. The number of thioether (sulfide) groups is 1. The van der Waals surface area contributed by atoms with Gasteiger partial charge in [0.2, 0.25) is 0 Å². The number of rotatable bonds is 6. The highest BCUT2D eigenvalue weighted by molar-refractivity contribution is 7.99. The number of aliphatic hydroxyl groups excluding tert-OH is 1. The third-order valence-electron chi connectivity index (χ3n) is 3.53. The summed E-state index contributed by atoms with van der Waals surface area (Å²) in [6.45, 7) is 0.212. The third-order valence-corrected chi connectivity index (χ3v) is 4.75. The van der Waals surface area contributed by atoms with E-state index in [0.717, 1.165) is 12.2 Å². The van der Waals surface area contributed by atoms with E-state index in [4.69, 9.17) is 4.74 Å². The van der Waals surface area contributed by atoms with Crippen molar-refractivity contribution in [2.75, 3.05) is 25.2 Å². The minimum absolute atomic E-state index is 0.212. The summed E-state index contributed by atoms with van der Waals surface area (Å²) in [5, 5.41) is 12.9. The van der Waals surface area contributed by atoms with E-state index in [1.165, 1.54) is 29.9 Å². The zero-order valence-corrected chi connectivity index (χ0v) is 12.3. The van der Waals surface area contributed by atoms with Gasteiger partial charge in [-0.05, 0) is 42.7 Å². The van der Waals surface area contributed by atoms with Gasteiger partial charge in [0.05, 0.1) is 7.11 Å². The summed E-state index contributed by atoms with van der Waals surface area (Å²) in [5.41, 5.74) is 1.23. The van der Waals surface area contributed by atoms with Crippen LogP contribution < -0.4 is 10.1 Å². The van der Waals surface area contributed by atoms with E-state index in [-0.39, 0.29) is 12.6 Å². The molecule has 0 unspecified atom stereocenters. The second kappa shape index (κ2) is 7.78. The molecule has 4 heteroatoms. The number of nitrogens with one attached hydrogen (secondary N) is 1. The molecule has 0 amide bonds. The van der Waals surface area contributed by atoms with Crippen LogP contribution in [0.15, 0.2) is 24.3 Å². The van der Waals surface area contributed by atoms with Crippen LogP contribution in [0.4, 0.5) is 0 Å². The predicted molar refractivity (Wildman–Crippen MR) is 80.9 cm³/mol. The summed E-state index contributed by atoms with van der Waals surface area (Å²) in [5.74, 6) is 3.34. The Bertz CT molecular complexity index is 363. The van der Waals surface area contributed by atoms with Crippen molar-refractivity contribution in [1.82, 2.24) is 5.32 Å². The van der Waals surface area contributed by atoms with Gasteiger partial charge >= 0.3 is 0 Å². The standard InChI is InChI=1S/C15H23NO2S/c1-18-14-6-4-12(5-7-14)15(8-9-17)16-13-3-2-10-19-11-13/h4-7,13,15-17H,2-3,8-11H2,1H3/t13-,15+/m0/s1. The molecular formula is C15H23NO2S. The average molecular weight is 281 g/mol. The van der Waals surface area contributed by atoms with Gasteiger partial charge in [0.25, 0.3) is 0 Å². The monoisotopic (exact) mass is 281 g/mol. The fraction of sp³-hybridized carbons (Fsp3) is 0.600. The van der Waals surface area contributed by atoms with Crippen molar-refractivity contribution < 1.29 is 9.84 Å². The number of hydrogen-bond donors (Lipinski definition) is 2. The van der Waals surface area contributed by atoms with Crippen molar-refractivity contribution in [2.24, 2.45) is 0 Å². The van der Waals surface area contributed by atoms with Crippen molar-refractivity contribution in [3.8, 4) is 5.75 Å². The van der Waals surface area contributed by atoms with Gasteiger partial charge in [-0.1, -0.05) is 12.1 Å². The fourth-order valence-corrected chi connectivity index (χ4v) is 3.55. The van der Waals surface area contributed by atoms with E-state index >= 15 is 0 Å². The van der Waals surface area contributed by atoms with Gasteiger partial charge < -0.3 is 15.2 Å². The molecule has 0 spiro atoms. The van der Waals surface area contributed by atoms with Crippen molar-refractivity contribution in [1.29, 1.82) is 0 Å². The molecule has 2 rings (SSSR count). The van der Waals surface area contributed by atoms with Gasteiger partial charge in [-0.25, -0.2) is 0 Å². The van der Waals surface area contributed by atoms with Crippen molar-refractivity contribution in [3.63, 3.8) is 0 Å². The van der Waals surface area contributed by atoms with E-state index in [1.54, 1.807) is 7.11 Å². The van der Waals surface area contributed by atoms with E-state index < -0.39 is 0 Å². The number of methoxy groups -OCH3 is 1. The molecule has 0 aromatic heterocycles. The van der Waals surface area contributed by atoms with Crippen LogP contribution in [0, 0.1) is 0 Å². The lowest BCUT2D eigenvalue weighted by atomic mass is 10.0. The number of benzene rings is 1. The average Bonchev–Trinajstić information content (AvgIpc) is 2.48. The highest BCUT2D eigenvalue weighted by Crippen LogP contribution is 2.24. The lowest BCUT2D eigenvalue weighted by Gasteiger charge is -2.28. The summed E-state index contributed by atoms with van der Waals surface area (Å²) in [7, 11) is 1.68. The van der Waals surface area contributed by atoms with Gasteiger partial charge in [-0.15, -0.1) is 0 Å². The smallest absolute Gasteiger partial charge is 0.118 e. The molecule has 1 heterocycles. The number of aliphatic hydroxyl groups is 1. The first-order valence-electron chi connectivity index (χ1n) is 6.92. The molecule has 0 bridgehead atoms. The minimum Gasteiger partial charge on any atom is -0.497 e. The van der Waals surface area contributed by atoms with Gasteiger partial charge in [-0.3, -0.25) is 0 Å². The zero-order valence-electron chi connectivity index (χ0n) is 11.5. The van der Waals surface area contributed by atoms with Crippen molar-refractivity contribution in [2.45, 2.75) is 31.3 Å². The largest absolute Gasteiger partial charge is 0.497 e. The first kappa shape index (κ1) is 14.7. The maximum absolute atomic E-state index is 9.26. The van der Waals surface area contributed by atoms with Crippen molar-refractivity contribution in [3.05, 3.63) is 29.8 Å². The highest BCUT2D eigenvalue weighted by atomic mass is 32.2. The van der Waals surface area contributed by atoms with Crippen LogP contribution in [0.2, 0.25) is 0 Å². The van der Waals surface area contributed by atoms with Crippen LogP contribution in [-0.4, -0.2) is 36.4 Å². The summed E-state index contributed by atoms with van der Waals surface area (Å²) in [6.07, 6.45) is 3.29. The summed E-state index contributed by atoms with van der Waals surface area (Å²) in [4.78, 5) is 0. The van der Waals surface area contributed by atoms with E-state index in [9.17, 15) is 5.11 Å². The summed E-state index contributed by atoms with van der Waals surface area (Å²) >= 11 is 2.02. The Kier molecular flexibility index (Phi) is 6.01. The first-order chi connectivity index (χ1) is 9.33. The molecule has 3 nitrogen and oxygen atoms in total. The SMILES string of the molecule is COc1ccc([C@@H](CCO)N[C@H]2CCCSC2)cc1. The normalized spacial score (nSPS) is 21.1. The second-order valence-electron chi connectivity index (χ2n) is 4.92. The molecule has 0 radical (unpaired) electrons. The van der Waals surface area contributed by atoms with Gasteiger partial charge in [0.1, 0.15) is 5.75 Å². The fourth-order valence-electron chi connectivity index (χ4n) is 2.47. The van der Waals surface area contributed by atoms with Gasteiger partial charge in [0.15, 0.2) is 0 Å². The lowest BCUT2D eigenvalue weighted by Crippen LogP contribution is -2.37. The Hall–Kier alpha value is -0.710. The first-order valence-corrected chi connectivity index (χ1v) is 8.07. The zero-order chi connectivity index (χ0) is 13.5. The molecule has 1 fully saturated rings. The molecule has 1 aromatic rings. The molecule has 0 saturated carbocycles. The van der Waals surface area contributed by atoms with E-state index in [1.807, 2.05) is 23.9 Å². The molecule has 2 N–H and O–H groups in total. The van der Waals surface area contributed by atoms with Crippen LogP contribution in [0.5, 0.6) is 5.75 Å². The molecule has 19 heavy (non-hydrogen) atoms. The van der Waals surface area contributed by atoms with Gasteiger partial charge in [-0.2, -0.15) is 11.8 Å². The molecule has 1 aliphatic heterocycles. The maximum atomic E-state index is 9.26. The van der Waals surface area contributed by atoms with E-state index in [2.05, 4.69) is 17.4 Å². The predicted octanol–water partition coefficient (Wildman–Crippen LogP) is 2.60. The molecule has 0 aliphatic carbocycles. The van der Waals surface area contributed by atoms with Gasteiger partial charge in [0, 0.05) is 24.4 Å². The Morgan fingerprint density at radius 3 is 2.79 bits per heavy atom. The topological polar surface area (TPSA) is 41.5 Å². The Morgan fingerprint density at radius 1 is 1.42 bits per heavy atom. The van der Waals surface area contributed by atoms with Crippen LogP contribution >= 0.6 is 11.8 Å². The highest BCUT2D eigenvalue weighted by Gasteiger charge is 2.19. The number of hydrogen-bond acceptors (Lipinski definition) is 4. The maximum Gasteiger partial charge on any atom is 0.118 e. The van der Waals surface area contributed by atoms with Crippen LogP contribution in [0.3, 0.4) is 0 Å².